The van der Waals surface area contributed by atoms with Crippen molar-refractivity contribution in [1.29, 1.82) is 0 Å². The molecule has 1 amide bonds. The first-order valence-electron chi connectivity index (χ1n) is 8.39. The minimum Gasteiger partial charge on any atom is -0.378 e. The van der Waals surface area contributed by atoms with Gasteiger partial charge < -0.3 is 9.64 Å². The Kier molecular flexibility index (Phi) is 9.00. The molecule has 31 heavy (non-hydrogen) atoms. The third-order valence-corrected chi connectivity index (χ3v) is 9.25. The van der Waals surface area contributed by atoms with Crippen molar-refractivity contribution < 1.29 is 9.53 Å². The molecule has 3 rings (SSSR count). The van der Waals surface area contributed by atoms with E-state index in [9.17, 15) is 4.79 Å². The SMILES string of the molecule is O=C(C(c1c(Cl)c(Cl)c(Cl)c(Cl)c1Cl)c1c(Cl)c(Cl)c(Cl)c(Cl)c1Cl)N1CCOCC1. The summed E-state index contributed by atoms with van der Waals surface area (Å²) in [5.41, 5.74) is 0.106. The first-order chi connectivity index (χ1) is 14.5. The molecule has 1 fully saturated rings. The van der Waals surface area contributed by atoms with Gasteiger partial charge in [0, 0.05) is 24.2 Å². The van der Waals surface area contributed by atoms with Gasteiger partial charge in [-0.05, 0) is 0 Å². The second-order valence-corrected chi connectivity index (χ2v) is 10.1. The van der Waals surface area contributed by atoms with Crippen LogP contribution in [0.5, 0.6) is 0 Å². The minimum absolute atomic E-state index is 0.0532. The summed E-state index contributed by atoms with van der Waals surface area (Å²) >= 11 is 63.2. The summed E-state index contributed by atoms with van der Waals surface area (Å²) in [6.07, 6.45) is 0. The van der Waals surface area contributed by atoms with E-state index >= 15 is 0 Å². The van der Waals surface area contributed by atoms with E-state index in [-0.39, 0.29) is 61.4 Å². The number of ether oxygens (including phenoxy) is 1. The van der Waals surface area contributed by atoms with Crippen LogP contribution in [-0.4, -0.2) is 37.1 Å². The molecule has 1 heterocycles. The molecule has 0 N–H and O–H groups in total. The summed E-state index contributed by atoms with van der Waals surface area (Å²) < 4.78 is 5.33. The number of carbonyl (C=O) groups is 1. The normalized spacial score (nSPS) is 14.5. The van der Waals surface area contributed by atoms with E-state index in [0.717, 1.165) is 0 Å². The van der Waals surface area contributed by atoms with Gasteiger partial charge in [-0.15, -0.1) is 0 Å². The van der Waals surface area contributed by atoms with Gasteiger partial charge in [0.1, 0.15) is 0 Å². The fourth-order valence-corrected chi connectivity index (χ4v) is 5.85. The van der Waals surface area contributed by atoms with Crippen LogP contribution in [0.2, 0.25) is 50.2 Å². The number of halogens is 10. The number of morpholine rings is 1. The average molecular weight is 626 g/mol. The Balaban J connectivity index is 2.38. The lowest BCUT2D eigenvalue weighted by Gasteiger charge is -2.32. The van der Waals surface area contributed by atoms with Crippen LogP contribution in [0, 0.1) is 0 Å². The van der Waals surface area contributed by atoms with Gasteiger partial charge in [0.2, 0.25) is 5.91 Å². The fraction of sp³-hybridized carbons (Fsp3) is 0.278. The highest BCUT2D eigenvalue weighted by molar-refractivity contribution is 6.57. The van der Waals surface area contributed by atoms with Gasteiger partial charge in [-0.2, -0.15) is 0 Å². The van der Waals surface area contributed by atoms with Crippen LogP contribution in [-0.2, 0) is 9.53 Å². The zero-order valence-corrected chi connectivity index (χ0v) is 22.5. The average Bonchev–Trinajstić information content (AvgIpc) is 2.78. The van der Waals surface area contributed by atoms with Crippen LogP contribution in [0.3, 0.4) is 0 Å². The molecular weight excluding hydrogens is 617 g/mol. The van der Waals surface area contributed by atoms with E-state index in [1.807, 2.05) is 0 Å². The van der Waals surface area contributed by atoms with E-state index in [1.165, 1.54) is 0 Å². The number of amides is 1. The maximum Gasteiger partial charge on any atom is 0.234 e. The third-order valence-electron chi connectivity index (χ3n) is 4.63. The lowest BCUT2D eigenvalue weighted by Crippen LogP contribution is -2.43. The summed E-state index contributed by atoms with van der Waals surface area (Å²) in [4.78, 5) is 15.3. The van der Waals surface area contributed by atoms with Crippen molar-refractivity contribution in [3.63, 3.8) is 0 Å². The molecule has 3 nitrogen and oxygen atoms in total. The maximum absolute atomic E-state index is 13.7. The van der Waals surface area contributed by atoms with Crippen LogP contribution in [0.15, 0.2) is 0 Å². The van der Waals surface area contributed by atoms with Crippen molar-refractivity contribution in [2.24, 2.45) is 0 Å². The van der Waals surface area contributed by atoms with Crippen LogP contribution in [0.25, 0.3) is 0 Å². The van der Waals surface area contributed by atoms with Crippen molar-refractivity contribution >= 4 is 122 Å². The monoisotopic (exact) mass is 621 g/mol. The number of nitrogens with zero attached hydrogens (tertiary/aromatic N) is 1. The summed E-state index contributed by atoms with van der Waals surface area (Å²) in [5, 5.41) is -0.880. The summed E-state index contributed by atoms with van der Waals surface area (Å²) in [5.74, 6) is -1.71. The van der Waals surface area contributed by atoms with Crippen LogP contribution in [0.4, 0.5) is 0 Å². The molecule has 0 bridgehead atoms. The molecule has 0 aromatic heterocycles. The van der Waals surface area contributed by atoms with Crippen molar-refractivity contribution in [3.8, 4) is 0 Å². The first-order valence-corrected chi connectivity index (χ1v) is 12.2. The van der Waals surface area contributed by atoms with E-state index < -0.39 is 11.8 Å². The highest BCUT2D eigenvalue weighted by Gasteiger charge is 2.38. The van der Waals surface area contributed by atoms with Crippen molar-refractivity contribution in [2.45, 2.75) is 5.92 Å². The molecular formula is C18H9Cl10NO2. The third kappa shape index (κ3) is 4.81. The highest BCUT2D eigenvalue weighted by atomic mass is 35.5. The Morgan fingerprint density at radius 3 is 1.19 bits per heavy atom. The quantitative estimate of drug-likeness (QED) is 0.251. The smallest absolute Gasteiger partial charge is 0.234 e. The van der Waals surface area contributed by atoms with Crippen molar-refractivity contribution in [3.05, 3.63) is 61.4 Å². The van der Waals surface area contributed by atoms with Crippen LogP contribution in [0.1, 0.15) is 17.0 Å². The van der Waals surface area contributed by atoms with Crippen LogP contribution < -0.4 is 0 Å². The topological polar surface area (TPSA) is 29.5 Å². The van der Waals surface area contributed by atoms with Gasteiger partial charge in [0.05, 0.1) is 69.4 Å². The molecule has 168 valence electrons. The molecule has 0 aliphatic carbocycles. The van der Waals surface area contributed by atoms with Gasteiger partial charge in [-0.3, -0.25) is 4.79 Å². The van der Waals surface area contributed by atoms with Gasteiger partial charge in [0.25, 0.3) is 0 Å². The zero-order chi connectivity index (χ0) is 23.2. The predicted molar refractivity (Wildman–Crippen MR) is 132 cm³/mol. The van der Waals surface area contributed by atoms with Crippen molar-refractivity contribution in [1.82, 2.24) is 4.90 Å². The Hall–Kier alpha value is 0.770. The molecule has 0 spiro atoms. The van der Waals surface area contributed by atoms with Crippen LogP contribution >= 0.6 is 116 Å². The first kappa shape index (κ1) is 26.4. The zero-order valence-electron chi connectivity index (χ0n) is 14.9. The second kappa shape index (κ2) is 10.6. The Morgan fingerprint density at radius 2 is 0.871 bits per heavy atom. The standard InChI is InChI=1S/C18H9Cl10NO2/c19-8-6(9(20)13(24)16(27)12(8)23)5(18(30)29-1-3-31-4-2-29)7-10(21)14(25)17(28)15(26)11(7)22/h5H,1-4H2. The van der Waals surface area contributed by atoms with Gasteiger partial charge >= 0.3 is 0 Å². The van der Waals surface area contributed by atoms with E-state index in [4.69, 9.17) is 121 Å². The van der Waals surface area contributed by atoms with Crippen molar-refractivity contribution in [2.75, 3.05) is 26.3 Å². The minimum atomic E-state index is -1.27. The van der Waals surface area contributed by atoms with Gasteiger partial charge in [-0.1, -0.05) is 116 Å². The second-order valence-electron chi connectivity index (χ2n) is 6.34. The molecule has 13 heteroatoms. The number of hydrogen-bond acceptors (Lipinski definition) is 2. The molecule has 2 aromatic rings. The number of rotatable bonds is 3. The Morgan fingerprint density at radius 1 is 0.581 bits per heavy atom. The molecule has 1 aliphatic rings. The highest BCUT2D eigenvalue weighted by Crippen LogP contribution is 2.53. The predicted octanol–water partition coefficient (Wildman–Crippen LogP) is 9.21. The van der Waals surface area contributed by atoms with Gasteiger partial charge in [0.15, 0.2) is 0 Å². The number of hydrogen-bond donors (Lipinski definition) is 0. The summed E-state index contributed by atoms with van der Waals surface area (Å²) in [6, 6.07) is 0. The largest absolute Gasteiger partial charge is 0.378 e. The van der Waals surface area contributed by atoms with E-state index in [0.29, 0.717) is 26.3 Å². The molecule has 0 radical (unpaired) electrons. The Bertz CT molecular complexity index is 941. The molecule has 0 saturated carbocycles. The van der Waals surface area contributed by atoms with Gasteiger partial charge in [-0.25, -0.2) is 0 Å². The number of benzene rings is 2. The molecule has 0 atom stereocenters. The summed E-state index contributed by atoms with van der Waals surface area (Å²) in [6.45, 7) is 1.30. The van der Waals surface area contributed by atoms with E-state index in [2.05, 4.69) is 0 Å². The molecule has 1 aliphatic heterocycles. The molecule has 1 saturated heterocycles. The summed E-state index contributed by atoms with van der Waals surface area (Å²) in [7, 11) is 0. The number of carbonyl (C=O) groups excluding carboxylic acids is 1. The Labute approximate surface area is 228 Å². The molecule has 2 aromatic carbocycles. The fourth-order valence-electron chi connectivity index (χ4n) is 3.11. The van der Waals surface area contributed by atoms with E-state index in [1.54, 1.807) is 4.90 Å². The maximum atomic E-state index is 13.7. The molecule has 0 unspecified atom stereocenters. The lowest BCUT2D eigenvalue weighted by molar-refractivity contribution is -0.135. The lowest BCUT2D eigenvalue weighted by atomic mass is 9.89.